The number of anilines is 1. The Kier molecular flexibility index (Phi) is 4.69. The van der Waals surface area contributed by atoms with E-state index in [0.29, 0.717) is 0 Å². The second kappa shape index (κ2) is 6.29. The van der Waals surface area contributed by atoms with Crippen LogP contribution in [0.5, 0.6) is 5.88 Å². The average molecular weight is 274 g/mol. The number of allylic oxidation sites excluding steroid dienone is 1. The Morgan fingerprint density at radius 3 is 2.75 bits per heavy atom. The largest absolute Gasteiger partial charge is 0.478 e. The Hall–Kier alpha value is -1.51. The molecule has 0 fully saturated rings. The molecule has 20 heavy (non-hydrogen) atoms. The predicted molar refractivity (Wildman–Crippen MR) is 85.2 cm³/mol. The van der Waals surface area contributed by atoms with E-state index in [0.717, 1.165) is 30.3 Å². The fourth-order valence-corrected chi connectivity index (χ4v) is 2.62. The van der Waals surface area contributed by atoms with E-state index in [1.54, 1.807) is 0 Å². The highest BCUT2D eigenvalue weighted by atomic mass is 16.5. The fraction of sp³-hybridized carbons (Fsp3) is 0.588. The summed E-state index contributed by atoms with van der Waals surface area (Å²) in [6.07, 6.45) is 7.08. The molecule has 1 aliphatic rings. The highest BCUT2D eigenvalue weighted by Crippen LogP contribution is 2.33. The van der Waals surface area contributed by atoms with Crippen LogP contribution in [0.3, 0.4) is 0 Å². The van der Waals surface area contributed by atoms with Gasteiger partial charge in [-0.15, -0.1) is 0 Å². The van der Waals surface area contributed by atoms with E-state index in [9.17, 15) is 0 Å². The van der Waals surface area contributed by atoms with E-state index in [1.165, 1.54) is 24.8 Å². The van der Waals surface area contributed by atoms with Gasteiger partial charge >= 0.3 is 0 Å². The Morgan fingerprint density at radius 2 is 2.00 bits per heavy atom. The number of rotatable bonds is 6. The van der Waals surface area contributed by atoms with Gasteiger partial charge in [-0.1, -0.05) is 32.3 Å². The van der Waals surface area contributed by atoms with Gasteiger partial charge in [-0.2, -0.15) is 0 Å². The summed E-state index contributed by atoms with van der Waals surface area (Å²) in [6.45, 7) is 9.41. The lowest BCUT2D eigenvalue weighted by molar-refractivity contribution is 0.293. The van der Waals surface area contributed by atoms with Crippen molar-refractivity contribution >= 4 is 11.3 Å². The third kappa shape index (κ3) is 3.75. The summed E-state index contributed by atoms with van der Waals surface area (Å²) >= 11 is 0. The fourth-order valence-electron chi connectivity index (χ4n) is 2.62. The van der Waals surface area contributed by atoms with Crippen molar-refractivity contribution in [1.82, 2.24) is 4.98 Å². The molecule has 0 bridgehead atoms. The standard InChI is InChI=1S/C17H26N2O/c1-5-6-7-8-11-20-15-10-9-14-16(18-15)13(2)12-17(3,4)19-14/h9-10,12,19H,5-8,11H2,1-4H3. The van der Waals surface area contributed by atoms with E-state index in [2.05, 4.69) is 50.1 Å². The van der Waals surface area contributed by atoms with Gasteiger partial charge in [0.05, 0.1) is 23.5 Å². The van der Waals surface area contributed by atoms with Gasteiger partial charge in [-0.25, -0.2) is 4.98 Å². The molecular formula is C17H26N2O. The third-order valence-corrected chi connectivity index (χ3v) is 3.53. The van der Waals surface area contributed by atoms with Crippen molar-refractivity contribution in [2.75, 3.05) is 11.9 Å². The molecule has 0 aliphatic carbocycles. The highest BCUT2D eigenvalue weighted by molar-refractivity contribution is 5.77. The van der Waals surface area contributed by atoms with Crippen molar-refractivity contribution in [2.45, 2.75) is 58.9 Å². The Labute approximate surface area is 122 Å². The molecule has 0 atom stereocenters. The molecule has 0 saturated heterocycles. The lowest BCUT2D eigenvalue weighted by atomic mass is 9.94. The third-order valence-electron chi connectivity index (χ3n) is 3.53. The summed E-state index contributed by atoms with van der Waals surface area (Å²) in [7, 11) is 0. The monoisotopic (exact) mass is 274 g/mol. The van der Waals surface area contributed by atoms with Crippen molar-refractivity contribution in [2.24, 2.45) is 0 Å². The summed E-state index contributed by atoms with van der Waals surface area (Å²) in [4.78, 5) is 4.62. The van der Waals surface area contributed by atoms with Crippen LogP contribution in [0.25, 0.3) is 5.57 Å². The predicted octanol–water partition coefficient (Wildman–Crippen LogP) is 4.65. The molecule has 0 aromatic carbocycles. The zero-order chi connectivity index (χ0) is 14.6. The SMILES string of the molecule is CCCCCCOc1ccc2c(n1)C(C)=CC(C)(C)N2. The van der Waals surface area contributed by atoms with Gasteiger partial charge < -0.3 is 10.1 Å². The number of hydrogen-bond donors (Lipinski definition) is 1. The molecule has 2 rings (SSSR count). The van der Waals surface area contributed by atoms with E-state index < -0.39 is 0 Å². The minimum Gasteiger partial charge on any atom is -0.478 e. The van der Waals surface area contributed by atoms with Crippen LogP contribution in [0, 0.1) is 0 Å². The molecule has 3 nitrogen and oxygen atoms in total. The first-order valence-electron chi connectivity index (χ1n) is 7.64. The first-order chi connectivity index (χ1) is 9.52. The van der Waals surface area contributed by atoms with Gasteiger partial charge in [0.15, 0.2) is 0 Å². The molecule has 0 unspecified atom stereocenters. The van der Waals surface area contributed by atoms with Gasteiger partial charge in [0.1, 0.15) is 0 Å². The van der Waals surface area contributed by atoms with Gasteiger partial charge in [0, 0.05) is 6.07 Å². The minimum atomic E-state index is -0.0126. The van der Waals surface area contributed by atoms with Gasteiger partial charge in [-0.05, 0) is 38.8 Å². The number of aromatic nitrogens is 1. The molecule has 110 valence electrons. The second-order valence-electron chi connectivity index (χ2n) is 6.13. The maximum absolute atomic E-state index is 5.75. The number of unbranched alkanes of at least 4 members (excludes halogenated alkanes) is 3. The number of pyridine rings is 1. The van der Waals surface area contributed by atoms with Crippen LogP contribution in [-0.4, -0.2) is 17.1 Å². The molecular weight excluding hydrogens is 248 g/mol. The average Bonchev–Trinajstić information content (AvgIpc) is 2.38. The zero-order valence-corrected chi connectivity index (χ0v) is 13.1. The number of nitrogens with zero attached hydrogens (tertiary/aromatic N) is 1. The van der Waals surface area contributed by atoms with Crippen LogP contribution >= 0.6 is 0 Å². The molecule has 1 aromatic rings. The van der Waals surface area contributed by atoms with Gasteiger partial charge in [0.25, 0.3) is 0 Å². The maximum atomic E-state index is 5.75. The molecule has 0 amide bonds. The highest BCUT2D eigenvalue weighted by Gasteiger charge is 2.23. The zero-order valence-electron chi connectivity index (χ0n) is 13.1. The topological polar surface area (TPSA) is 34.1 Å². The number of nitrogens with one attached hydrogen (secondary N) is 1. The van der Waals surface area contributed by atoms with E-state index >= 15 is 0 Å². The van der Waals surface area contributed by atoms with E-state index in [1.807, 2.05) is 6.07 Å². The van der Waals surface area contributed by atoms with Crippen molar-refractivity contribution < 1.29 is 4.74 Å². The molecule has 0 spiro atoms. The van der Waals surface area contributed by atoms with Crippen LogP contribution in [-0.2, 0) is 0 Å². The summed E-state index contributed by atoms with van der Waals surface area (Å²) in [6, 6.07) is 4.03. The molecule has 1 aliphatic heterocycles. The van der Waals surface area contributed by atoms with Gasteiger partial charge in [0.2, 0.25) is 5.88 Å². The van der Waals surface area contributed by atoms with Crippen LogP contribution < -0.4 is 10.1 Å². The molecule has 0 saturated carbocycles. The summed E-state index contributed by atoms with van der Waals surface area (Å²) in [5.41, 5.74) is 3.30. The van der Waals surface area contributed by atoms with Crippen LogP contribution in [0.4, 0.5) is 5.69 Å². The maximum Gasteiger partial charge on any atom is 0.213 e. The quantitative estimate of drug-likeness (QED) is 0.767. The lowest BCUT2D eigenvalue weighted by Gasteiger charge is -2.30. The summed E-state index contributed by atoms with van der Waals surface area (Å²) in [5.74, 6) is 0.731. The second-order valence-corrected chi connectivity index (χ2v) is 6.13. The normalized spacial score (nSPS) is 16.1. The van der Waals surface area contributed by atoms with Crippen molar-refractivity contribution in [3.63, 3.8) is 0 Å². The van der Waals surface area contributed by atoms with Crippen LogP contribution in [0.1, 0.15) is 59.1 Å². The molecule has 3 heteroatoms. The van der Waals surface area contributed by atoms with Crippen molar-refractivity contribution in [3.05, 3.63) is 23.9 Å². The Balaban J connectivity index is 2.00. The molecule has 0 radical (unpaired) electrons. The molecule has 1 aromatic heterocycles. The van der Waals surface area contributed by atoms with Crippen LogP contribution in [0.15, 0.2) is 18.2 Å². The van der Waals surface area contributed by atoms with Crippen LogP contribution in [0.2, 0.25) is 0 Å². The van der Waals surface area contributed by atoms with Crippen molar-refractivity contribution in [3.8, 4) is 5.88 Å². The lowest BCUT2D eigenvalue weighted by Crippen LogP contribution is -2.31. The number of fused-ring (bicyclic) bond motifs is 1. The Bertz CT molecular complexity index is 492. The first-order valence-corrected chi connectivity index (χ1v) is 7.64. The smallest absolute Gasteiger partial charge is 0.213 e. The Morgan fingerprint density at radius 1 is 1.20 bits per heavy atom. The number of hydrogen-bond acceptors (Lipinski definition) is 3. The van der Waals surface area contributed by atoms with E-state index in [4.69, 9.17) is 4.74 Å². The molecule has 2 heterocycles. The molecule has 1 N–H and O–H groups in total. The number of ether oxygens (including phenoxy) is 1. The summed E-state index contributed by atoms with van der Waals surface area (Å²) < 4.78 is 5.75. The van der Waals surface area contributed by atoms with E-state index in [-0.39, 0.29) is 5.54 Å². The van der Waals surface area contributed by atoms with Gasteiger partial charge in [-0.3, -0.25) is 0 Å². The van der Waals surface area contributed by atoms with Crippen molar-refractivity contribution in [1.29, 1.82) is 0 Å². The first kappa shape index (κ1) is 14.9. The summed E-state index contributed by atoms with van der Waals surface area (Å²) in [5, 5.41) is 3.48. The minimum absolute atomic E-state index is 0.0126.